The molecule has 0 amide bonds. The van der Waals surface area contributed by atoms with Crippen LogP contribution in [0.4, 0.5) is 0 Å². The predicted molar refractivity (Wildman–Crippen MR) is 67.5 cm³/mol. The van der Waals surface area contributed by atoms with Crippen LogP contribution in [0.25, 0.3) is 11.3 Å². The highest BCUT2D eigenvalue weighted by Gasteiger charge is 2.45. The zero-order valence-corrected chi connectivity index (χ0v) is 10.4. The van der Waals surface area contributed by atoms with Crippen LogP contribution in [0.3, 0.4) is 0 Å². The zero-order valence-electron chi connectivity index (χ0n) is 10.4. The minimum absolute atomic E-state index is 0.532. The van der Waals surface area contributed by atoms with Gasteiger partial charge in [0.05, 0.1) is 0 Å². The minimum Gasteiger partial charge on any atom is -0.481 e. The molecule has 0 radical (unpaired) electrons. The van der Waals surface area contributed by atoms with Gasteiger partial charge in [0.15, 0.2) is 5.76 Å². The topological polar surface area (TPSA) is 76.2 Å². The predicted octanol–water partition coefficient (Wildman–Crippen LogP) is 2.63. The molecule has 5 nitrogen and oxygen atoms in total. The summed E-state index contributed by atoms with van der Waals surface area (Å²) >= 11 is 0. The van der Waals surface area contributed by atoms with E-state index in [1.54, 1.807) is 18.5 Å². The zero-order chi connectivity index (χ0) is 13.3. The molecule has 98 valence electrons. The molecule has 1 aliphatic rings. The Kier molecular flexibility index (Phi) is 2.81. The SMILES string of the molecule is O=C(O)C1(c2cc(-c3ccncc3)on2)CCCC1. The standard InChI is InChI=1S/C14H14N2O3/c17-13(18)14(5-1-2-6-14)12-9-11(19-16-12)10-3-7-15-8-4-10/h3-4,7-9H,1-2,5-6H2,(H,17,18). The van der Waals surface area contributed by atoms with E-state index in [1.807, 2.05) is 12.1 Å². The highest BCUT2D eigenvalue weighted by Crippen LogP contribution is 2.41. The fraction of sp³-hybridized carbons (Fsp3) is 0.357. The van der Waals surface area contributed by atoms with Gasteiger partial charge in [-0.25, -0.2) is 0 Å². The Hall–Kier alpha value is -2.17. The summed E-state index contributed by atoms with van der Waals surface area (Å²) in [6.45, 7) is 0. The number of hydrogen-bond acceptors (Lipinski definition) is 4. The average Bonchev–Trinajstić information content (AvgIpc) is 3.09. The van der Waals surface area contributed by atoms with E-state index in [2.05, 4.69) is 10.1 Å². The van der Waals surface area contributed by atoms with Crippen LogP contribution in [0.2, 0.25) is 0 Å². The normalized spacial score (nSPS) is 17.5. The van der Waals surface area contributed by atoms with Crippen LogP contribution in [0, 0.1) is 0 Å². The van der Waals surface area contributed by atoms with E-state index in [1.165, 1.54) is 0 Å². The first-order valence-corrected chi connectivity index (χ1v) is 6.33. The van der Waals surface area contributed by atoms with Crippen molar-refractivity contribution in [1.29, 1.82) is 0 Å². The maximum Gasteiger partial charge on any atom is 0.315 e. The van der Waals surface area contributed by atoms with Crippen molar-refractivity contribution >= 4 is 5.97 Å². The van der Waals surface area contributed by atoms with E-state index in [4.69, 9.17) is 4.52 Å². The molecule has 1 N–H and O–H groups in total. The van der Waals surface area contributed by atoms with Crippen molar-refractivity contribution in [1.82, 2.24) is 10.1 Å². The third-order valence-corrected chi connectivity index (χ3v) is 3.83. The van der Waals surface area contributed by atoms with Crippen molar-refractivity contribution in [2.24, 2.45) is 0 Å². The van der Waals surface area contributed by atoms with Crippen LogP contribution in [0.1, 0.15) is 31.4 Å². The molecular weight excluding hydrogens is 244 g/mol. The minimum atomic E-state index is -0.866. The third-order valence-electron chi connectivity index (χ3n) is 3.83. The van der Waals surface area contributed by atoms with Crippen molar-refractivity contribution in [3.8, 4) is 11.3 Å². The molecule has 2 heterocycles. The average molecular weight is 258 g/mol. The molecule has 19 heavy (non-hydrogen) atoms. The summed E-state index contributed by atoms with van der Waals surface area (Å²) in [5.41, 5.74) is 0.519. The number of aliphatic carboxylic acids is 1. The number of carboxylic acids is 1. The number of nitrogens with zero attached hydrogens (tertiary/aromatic N) is 2. The van der Waals surface area contributed by atoms with Gasteiger partial charge in [-0.05, 0) is 25.0 Å². The van der Waals surface area contributed by atoms with Crippen LogP contribution in [-0.4, -0.2) is 21.2 Å². The second-order valence-electron chi connectivity index (χ2n) is 4.91. The monoisotopic (exact) mass is 258 g/mol. The Balaban J connectivity index is 1.99. The van der Waals surface area contributed by atoms with E-state index in [9.17, 15) is 9.90 Å². The Labute approximate surface area is 110 Å². The lowest BCUT2D eigenvalue weighted by molar-refractivity contribution is -0.143. The molecule has 1 fully saturated rings. The lowest BCUT2D eigenvalue weighted by Gasteiger charge is -2.19. The van der Waals surface area contributed by atoms with Gasteiger partial charge in [-0.2, -0.15) is 0 Å². The van der Waals surface area contributed by atoms with Gasteiger partial charge in [-0.1, -0.05) is 18.0 Å². The van der Waals surface area contributed by atoms with Gasteiger partial charge >= 0.3 is 5.97 Å². The summed E-state index contributed by atoms with van der Waals surface area (Å²) < 4.78 is 5.30. The Bertz CT molecular complexity index is 586. The largest absolute Gasteiger partial charge is 0.481 e. The van der Waals surface area contributed by atoms with Crippen LogP contribution in [0.5, 0.6) is 0 Å². The van der Waals surface area contributed by atoms with Gasteiger partial charge in [0.2, 0.25) is 0 Å². The summed E-state index contributed by atoms with van der Waals surface area (Å²) in [5.74, 6) is -0.218. The number of carboxylic acid groups (broad SMARTS) is 1. The number of rotatable bonds is 3. The summed E-state index contributed by atoms with van der Waals surface area (Å²) in [6.07, 6.45) is 6.43. The number of hydrogen-bond donors (Lipinski definition) is 1. The van der Waals surface area contributed by atoms with Gasteiger partial charge in [0, 0.05) is 24.0 Å². The van der Waals surface area contributed by atoms with Gasteiger partial charge in [0.1, 0.15) is 11.1 Å². The Morgan fingerprint density at radius 2 is 1.95 bits per heavy atom. The molecule has 0 unspecified atom stereocenters. The molecule has 1 aliphatic carbocycles. The second kappa shape index (κ2) is 4.50. The van der Waals surface area contributed by atoms with E-state index in [0.29, 0.717) is 24.3 Å². The molecule has 0 aromatic carbocycles. The first-order chi connectivity index (χ1) is 9.22. The van der Waals surface area contributed by atoms with Crippen LogP contribution in [0.15, 0.2) is 35.1 Å². The number of pyridine rings is 1. The van der Waals surface area contributed by atoms with E-state index >= 15 is 0 Å². The summed E-state index contributed by atoms with van der Waals surface area (Å²) in [4.78, 5) is 15.5. The number of aromatic nitrogens is 2. The summed E-state index contributed by atoms with van der Waals surface area (Å²) in [7, 11) is 0. The third kappa shape index (κ3) is 1.91. The Morgan fingerprint density at radius 3 is 2.58 bits per heavy atom. The van der Waals surface area contributed by atoms with Crippen LogP contribution in [-0.2, 0) is 10.2 Å². The lowest BCUT2D eigenvalue weighted by atomic mass is 9.82. The first-order valence-electron chi connectivity index (χ1n) is 6.33. The number of carbonyl (C=O) groups is 1. The van der Waals surface area contributed by atoms with Crippen LogP contribution >= 0.6 is 0 Å². The first kappa shape index (κ1) is 11.9. The molecule has 0 bridgehead atoms. The van der Waals surface area contributed by atoms with Crippen molar-refractivity contribution in [2.75, 3.05) is 0 Å². The van der Waals surface area contributed by atoms with Gasteiger partial charge in [-0.3, -0.25) is 9.78 Å². The molecule has 0 spiro atoms. The Morgan fingerprint density at radius 1 is 1.26 bits per heavy atom. The highest BCUT2D eigenvalue weighted by atomic mass is 16.5. The molecule has 2 aromatic rings. The summed E-state index contributed by atoms with van der Waals surface area (Å²) in [6, 6.07) is 5.37. The lowest BCUT2D eigenvalue weighted by Crippen LogP contribution is -2.32. The molecular formula is C14H14N2O3. The fourth-order valence-electron chi connectivity index (χ4n) is 2.71. The van der Waals surface area contributed by atoms with E-state index < -0.39 is 11.4 Å². The van der Waals surface area contributed by atoms with Gasteiger partial charge < -0.3 is 9.63 Å². The van der Waals surface area contributed by atoms with E-state index in [0.717, 1.165) is 18.4 Å². The smallest absolute Gasteiger partial charge is 0.315 e. The molecule has 1 saturated carbocycles. The molecule has 2 aromatic heterocycles. The highest BCUT2D eigenvalue weighted by molar-refractivity contribution is 5.81. The fourth-order valence-corrected chi connectivity index (χ4v) is 2.71. The van der Waals surface area contributed by atoms with Crippen molar-refractivity contribution < 1.29 is 14.4 Å². The maximum atomic E-state index is 11.6. The van der Waals surface area contributed by atoms with E-state index in [-0.39, 0.29) is 0 Å². The second-order valence-corrected chi connectivity index (χ2v) is 4.91. The molecule has 0 aliphatic heterocycles. The van der Waals surface area contributed by atoms with Gasteiger partial charge in [0.25, 0.3) is 0 Å². The molecule has 5 heteroatoms. The summed E-state index contributed by atoms with van der Waals surface area (Å²) in [5, 5.41) is 13.5. The molecule has 3 rings (SSSR count). The molecule has 0 atom stereocenters. The van der Waals surface area contributed by atoms with Crippen molar-refractivity contribution in [2.45, 2.75) is 31.1 Å². The van der Waals surface area contributed by atoms with Crippen LogP contribution < -0.4 is 0 Å². The quantitative estimate of drug-likeness (QED) is 0.915. The molecule has 0 saturated heterocycles. The van der Waals surface area contributed by atoms with Crippen molar-refractivity contribution in [3.63, 3.8) is 0 Å². The van der Waals surface area contributed by atoms with Gasteiger partial charge in [-0.15, -0.1) is 0 Å². The van der Waals surface area contributed by atoms with Crippen molar-refractivity contribution in [3.05, 3.63) is 36.3 Å². The maximum absolute atomic E-state index is 11.6.